The lowest BCUT2D eigenvalue weighted by Crippen LogP contribution is -1.98. The van der Waals surface area contributed by atoms with Gasteiger partial charge >= 0.3 is 0 Å². The number of ether oxygens (including phenoxy) is 1. The smallest absolute Gasteiger partial charge is 0.224 e. The van der Waals surface area contributed by atoms with Crippen LogP contribution in [0.25, 0.3) is 22.0 Å². The standard InChI is InChI=1S/C15H7Cl3F2N2O/c1-23-9-4-2-3-8(19)11(9)10-7(16)5-6-13(12(10)20)21-15(18)22-14(6)17/h2-5H,1H3. The molecule has 2 aromatic carbocycles. The Hall–Kier alpha value is -1.69. The molecule has 0 amide bonds. The Bertz CT molecular complexity index is 934. The highest BCUT2D eigenvalue weighted by molar-refractivity contribution is 6.38. The fourth-order valence-corrected chi connectivity index (χ4v) is 3.00. The van der Waals surface area contributed by atoms with Crippen LogP contribution >= 0.6 is 34.8 Å². The third-order valence-electron chi connectivity index (χ3n) is 3.25. The van der Waals surface area contributed by atoms with Crippen LogP contribution in [0.4, 0.5) is 8.78 Å². The number of nitrogens with zero attached hydrogens (tertiary/aromatic N) is 2. The van der Waals surface area contributed by atoms with Crippen molar-refractivity contribution in [2.75, 3.05) is 7.11 Å². The summed E-state index contributed by atoms with van der Waals surface area (Å²) in [7, 11) is 1.35. The average molecular weight is 376 g/mol. The molecule has 0 saturated heterocycles. The maximum absolute atomic E-state index is 15.0. The Morgan fingerprint density at radius 3 is 2.48 bits per heavy atom. The lowest BCUT2D eigenvalue weighted by atomic mass is 10.0. The third-order valence-corrected chi connectivity index (χ3v) is 4.01. The highest BCUT2D eigenvalue weighted by Gasteiger charge is 2.23. The lowest BCUT2D eigenvalue weighted by Gasteiger charge is -2.14. The molecule has 3 aromatic rings. The molecule has 1 aromatic heterocycles. The Morgan fingerprint density at radius 1 is 1.04 bits per heavy atom. The van der Waals surface area contributed by atoms with Gasteiger partial charge in [0.1, 0.15) is 22.2 Å². The molecule has 0 unspecified atom stereocenters. The van der Waals surface area contributed by atoms with E-state index >= 15 is 0 Å². The first-order valence-corrected chi connectivity index (χ1v) is 7.41. The highest BCUT2D eigenvalue weighted by Crippen LogP contribution is 2.42. The zero-order valence-electron chi connectivity index (χ0n) is 11.5. The molecule has 3 nitrogen and oxygen atoms in total. The largest absolute Gasteiger partial charge is 0.496 e. The van der Waals surface area contributed by atoms with E-state index in [2.05, 4.69) is 9.97 Å². The molecule has 0 spiro atoms. The number of methoxy groups -OCH3 is 1. The molecule has 8 heteroatoms. The predicted molar refractivity (Wildman–Crippen MR) is 86.5 cm³/mol. The van der Waals surface area contributed by atoms with Crippen molar-refractivity contribution in [1.82, 2.24) is 9.97 Å². The van der Waals surface area contributed by atoms with Crippen molar-refractivity contribution in [3.63, 3.8) is 0 Å². The van der Waals surface area contributed by atoms with Crippen molar-refractivity contribution < 1.29 is 13.5 Å². The van der Waals surface area contributed by atoms with Crippen LogP contribution in [0.2, 0.25) is 15.5 Å². The summed E-state index contributed by atoms with van der Waals surface area (Å²) in [5.74, 6) is -1.41. The summed E-state index contributed by atoms with van der Waals surface area (Å²) in [6, 6.07) is 5.48. The van der Waals surface area contributed by atoms with Gasteiger partial charge in [0.15, 0.2) is 5.82 Å². The van der Waals surface area contributed by atoms with E-state index < -0.39 is 11.6 Å². The summed E-state index contributed by atoms with van der Waals surface area (Å²) >= 11 is 17.8. The van der Waals surface area contributed by atoms with Crippen molar-refractivity contribution in [3.05, 3.63) is 51.4 Å². The van der Waals surface area contributed by atoms with Crippen molar-refractivity contribution in [3.8, 4) is 16.9 Å². The molecule has 118 valence electrons. The summed E-state index contributed by atoms with van der Waals surface area (Å²) in [4.78, 5) is 7.55. The summed E-state index contributed by atoms with van der Waals surface area (Å²) in [5.41, 5.74) is -0.440. The minimum atomic E-state index is -0.859. The molecule has 1 heterocycles. The third kappa shape index (κ3) is 2.69. The van der Waals surface area contributed by atoms with Gasteiger partial charge in [0, 0.05) is 10.9 Å². The Balaban J connectivity index is 2.45. The van der Waals surface area contributed by atoms with Gasteiger partial charge in [0.2, 0.25) is 5.28 Å². The summed E-state index contributed by atoms with van der Waals surface area (Å²) in [6.45, 7) is 0. The first-order valence-electron chi connectivity index (χ1n) is 6.27. The summed E-state index contributed by atoms with van der Waals surface area (Å²) in [6.07, 6.45) is 0. The number of fused-ring (bicyclic) bond motifs is 1. The second kappa shape index (κ2) is 6.07. The van der Waals surface area contributed by atoms with Crippen molar-refractivity contribution in [1.29, 1.82) is 0 Å². The molecule has 3 rings (SSSR count). The second-order valence-electron chi connectivity index (χ2n) is 4.54. The quantitative estimate of drug-likeness (QED) is 0.435. The van der Waals surface area contributed by atoms with Crippen LogP contribution in [0.5, 0.6) is 5.75 Å². The van der Waals surface area contributed by atoms with Gasteiger partial charge in [-0.15, -0.1) is 0 Å². The number of benzene rings is 2. The zero-order chi connectivity index (χ0) is 16.7. The molecular formula is C15H7Cl3F2N2O. The molecule has 0 N–H and O–H groups in total. The van der Waals surface area contributed by atoms with E-state index in [-0.39, 0.29) is 43.2 Å². The van der Waals surface area contributed by atoms with Crippen molar-refractivity contribution in [2.45, 2.75) is 0 Å². The van der Waals surface area contributed by atoms with Crippen LogP contribution in [0, 0.1) is 11.6 Å². The molecule has 0 fully saturated rings. The Morgan fingerprint density at radius 2 is 1.78 bits per heavy atom. The van der Waals surface area contributed by atoms with Gasteiger partial charge in [-0.25, -0.2) is 18.7 Å². The molecule has 0 bridgehead atoms. The van der Waals surface area contributed by atoms with E-state index in [1.807, 2.05) is 0 Å². The van der Waals surface area contributed by atoms with Crippen molar-refractivity contribution in [2.24, 2.45) is 0 Å². The first-order chi connectivity index (χ1) is 10.9. The summed E-state index contributed by atoms with van der Waals surface area (Å²) < 4.78 is 34.3. The molecular weight excluding hydrogens is 369 g/mol. The number of hydrogen-bond donors (Lipinski definition) is 0. The van der Waals surface area contributed by atoms with E-state index in [1.54, 1.807) is 0 Å². The van der Waals surface area contributed by atoms with Gasteiger partial charge in [-0.2, -0.15) is 0 Å². The van der Waals surface area contributed by atoms with Crippen LogP contribution in [0.1, 0.15) is 0 Å². The summed E-state index contributed by atoms with van der Waals surface area (Å²) in [5, 5.41) is -0.146. The average Bonchev–Trinajstić information content (AvgIpc) is 2.50. The maximum Gasteiger partial charge on any atom is 0.224 e. The van der Waals surface area contributed by atoms with E-state index in [1.165, 1.54) is 31.4 Å². The molecule has 0 saturated carbocycles. The van der Waals surface area contributed by atoms with Gasteiger partial charge in [0.25, 0.3) is 0 Å². The van der Waals surface area contributed by atoms with Gasteiger partial charge in [-0.05, 0) is 29.8 Å². The fourth-order valence-electron chi connectivity index (χ4n) is 2.28. The van der Waals surface area contributed by atoms with Crippen LogP contribution in [-0.2, 0) is 0 Å². The van der Waals surface area contributed by atoms with E-state index in [0.29, 0.717) is 0 Å². The normalized spacial score (nSPS) is 11.0. The van der Waals surface area contributed by atoms with E-state index in [0.717, 1.165) is 0 Å². The molecule has 0 atom stereocenters. The fraction of sp³-hybridized carbons (Fsp3) is 0.0667. The monoisotopic (exact) mass is 374 g/mol. The van der Waals surface area contributed by atoms with E-state index in [9.17, 15) is 8.78 Å². The second-order valence-corrected chi connectivity index (χ2v) is 5.65. The van der Waals surface area contributed by atoms with Gasteiger partial charge in [0.05, 0.1) is 17.7 Å². The molecule has 0 aliphatic rings. The molecule has 0 radical (unpaired) electrons. The molecule has 23 heavy (non-hydrogen) atoms. The Kier molecular flexibility index (Phi) is 4.27. The van der Waals surface area contributed by atoms with Crippen molar-refractivity contribution >= 4 is 45.7 Å². The van der Waals surface area contributed by atoms with Crippen LogP contribution in [0.15, 0.2) is 24.3 Å². The number of rotatable bonds is 2. The zero-order valence-corrected chi connectivity index (χ0v) is 13.8. The van der Waals surface area contributed by atoms with Gasteiger partial charge in [-0.1, -0.05) is 29.3 Å². The Labute approximate surface area is 144 Å². The van der Waals surface area contributed by atoms with Gasteiger partial charge < -0.3 is 4.74 Å². The number of hydrogen-bond acceptors (Lipinski definition) is 3. The topological polar surface area (TPSA) is 35.0 Å². The van der Waals surface area contributed by atoms with Crippen LogP contribution < -0.4 is 4.74 Å². The number of halogens is 5. The first kappa shape index (κ1) is 16.2. The minimum absolute atomic E-state index is 0.0483. The maximum atomic E-state index is 15.0. The predicted octanol–water partition coefficient (Wildman–Crippen LogP) is 5.54. The lowest BCUT2D eigenvalue weighted by molar-refractivity contribution is 0.413. The molecule has 0 aliphatic carbocycles. The molecule has 0 aliphatic heterocycles. The SMILES string of the molecule is COc1cccc(F)c1-c1c(Cl)cc2c(Cl)nc(Cl)nc2c1F. The van der Waals surface area contributed by atoms with Gasteiger partial charge in [-0.3, -0.25) is 0 Å². The minimum Gasteiger partial charge on any atom is -0.496 e. The van der Waals surface area contributed by atoms with E-state index in [4.69, 9.17) is 39.5 Å². The van der Waals surface area contributed by atoms with Crippen LogP contribution in [-0.4, -0.2) is 17.1 Å². The number of aromatic nitrogens is 2. The van der Waals surface area contributed by atoms with Crippen LogP contribution in [0.3, 0.4) is 0 Å². The highest BCUT2D eigenvalue weighted by atomic mass is 35.5.